The van der Waals surface area contributed by atoms with Crippen LogP contribution in [0, 0.1) is 3.57 Å². The SMILES string of the molecule is Nc1c(Br)cnc(OC2CC2)c1I. The molecule has 0 amide bonds. The van der Waals surface area contributed by atoms with E-state index in [1.54, 1.807) is 6.20 Å². The molecule has 1 aromatic rings. The maximum atomic E-state index is 5.80. The predicted molar refractivity (Wildman–Crippen MR) is 62.7 cm³/mol. The number of nitrogens with two attached hydrogens (primary N) is 1. The van der Waals surface area contributed by atoms with Gasteiger partial charge in [0.1, 0.15) is 6.10 Å². The lowest BCUT2D eigenvalue weighted by Gasteiger charge is -2.08. The van der Waals surface area contributed by atoms with Crippen molar-refractivity contribution in [2.45, 2.75) is 18.9 Å². The summed E-state index contributed by atoms with van der Waals surface area (Å²) in [5.74, 6) is 0.656. The normalized spacial score (nSPS) is 15.8. The number of nitrogens with zero attached hydrogens (tertiary/aromatic N) is 1. The molecule has 70 valence electrons. The fourth-order valence-corrected chi connectivity index (χ4v) is 2.12. The number of halogens is 2. The van der Waals surface area contributed by atoms with Crippen molar-refractivity contribution in [3.63, 3.8) is 0 Å². The van der Waals surface area contributed by atoms with Crippen LogP contribution in [0.15, 0.2) is 10.7 Å². The van der Waals surface area contributed by atoms with Crippen molar-refractivity contribution < 1.29 is 4.74 Å². The molecule has 0 aliphatic heterocycles. The van der Waals surface area contributed by atoms with Crippen LogP contribution in [0.1, 0.15) is 12.8 Å². The fraction of sp³-hybridized carbons (Fsp3) is 0.375. The summed E-state index contributed by atoms with van der Waals surface area (Å²) in [6.45, 7) is 0. The van der Waals surface area contributed by atoms with Crippen LogP contribution in [0.3, 0.4) is 0 Å². The summed E-state index contributed by atoms with van der Waals surface area (Å²) in [5, 5.41) is 0. The molecule has 3 nitrogen and oxygen atoms in total. The number of nitrogen functional groups attached to an aromatic ring is 1. The van der Waals surface area contributed by atoms with E-state index in [-0.39, 0.29) is 0 Å². The molecule has 0 spiro atoms. The first-order valence-electron chi connectivity index (χ1n) is 3.94. The average molecular weight is 355 g/mol. The van der Waals surface area contributed by atoms with E-state index in [1.807, 2.05) is 0 Å². The Morgan fingerprint density at radius 3 is 2.92 bits per heavy atom. The van der Waals surface area contributed by atoms with E-state index in [1.165, 1.54) is 0 Å². The minimum Gasteiger partial charge on any atom is -0.474 e. The van der Waals surface area contributed by atoms with Crippen molar-refractivity contribution in [2.75, 3.05) is 5.73 Å². The molecule has 0 unspecified atom stereocenters. The highest BCUT2D eigenvalue weighted by molar-refractivity contribution is 14.1. The van der Waals surface area contributed by atoms with Crippen LogP contribution in [0.25, 0.3) is 0 Å². The van der Waals surface area contributed by atoms with Gasteiger partial charge in [-0.1, -0.05) is 0 Å². The van der Waals surface area contributed by atoms with Gasteiger partial charge in [0.05, 0.1) is 13.7 Å². The van der Waals surface area contributed by atoms with Crippen LogP contribution in [0.4, 0.5) is 5.69 Å². The lowest BCUT2D eigenvalue weighted by molar-refractivity contribution is 0.289. The second-order valence-corrected chi connectivity index (χ2v) is 4.89. The first kappa shape index (κ1) is 9.51. The van der Waals surface area contributed by atoms with Gasteiger partial charge in [-0.25, -0.2) is 4.98 Å². The molecule has 0 bridgehead atoms. The number of pyridine rings is 1. The number of anilines is 1. The lowest BCUT2D eigenvalue weighted by Crippen LogP contribution is -2.03. The zero-order valence-corrected chi connectivity index (χ0v) is 10.5. The van der Waals surface area contributed by atoms with Crippen LogP contribution >= 0.6 is 38.5 Å². The molecule has 0 aromatic carbocycles. The van der Waals surface area contributed by atoms with Crippen LogP contribution in [0.2, 0.25) is 0 Å². The lowest BCUT2D eigenvalue weighted by atomic mass is 10.4. The third-order valence-electron chi connectivity index (χ3n) is 1.78. The monoisotopic (exact) mass is 354 g/mol. The molecule has 0 saturated heterocycles. The maximum absolute atomic E-state index is 5.80. The molecule has 1 saturated carbocycles. The largest absolute Gasteiger partial charge is 0.474 e. The van der Waals surface area contributed by atoms with Crippen molar-refractivity contribution in [1.29, 1.82) is 0 Å². The summed E-state index contributed by atoms with van der Waals surface area (Å²) < 4.78 is 7.28. The summed E-state index contributed by atoms with van der Waals surface area (Å²) in [6.07, 6.45) is 4.30. The summed E-state index contributed by atoms with van der Waals surface area (Å²) in [6, 6.07) is 0. The number of hydrogen-bond acceptors (Lipinski definition) is 3. The van der Waals surface area contributed by atoms with E-state index in [9.17, 15) is 0 Å². The molecule has 2 N–H and O–H groups in total. The van der Waals surface area contributed by atoms with E-state index in [2.05, 4.69) is 43.5 Å². The van der Waals surface area contributed by atoms with Crippen molar-refractivity contribution >= 4 is 44.2 Å². The number of ether oxygens (including phenoxy) is 1. The molecule has 1 aromatic heterocycles. The molecule has 2 rings (SSSR count). The Morgan fingerprint density at radius 1 is 1.62 bits per heavy atom. The number of rotatable bonds is 2. The number of hydrogen-bond donors (Lipinski definition) is 1. The van der Waals surface area contributed by atoms with Crippen LogP contribution in [-0.4, -0.2) is 11.1 Å². The van der Waals surface area contributed by atoms with Gasteiger partial charge in [0, 0.05) is 6.20 Å². The molecule has 0 atom stereocenters. The maximum Gasteiger partial charge on any atom is 0.229 e. The third-order valence-corrected chi connectivity index (χ3v) is 3.45. The molecule has 1 fully saturated rings. The molecule has 13 heavy (non-hydrogen) atoms. The molecular weight excluding hydrogens is 347 g/mol. The summed E-state index contributed by atoms with van der Waals surface area (Å²) in [7, 11) is 0. The third kappa shape index (κ3) is 2.07. The molecule has 0 radical (unpaired) electrons. The van der Waals surface area contributed by atoms with Gasteiger partial charge in [-0.05, 0) is 51.4 Å². The molecule has 1 aliphatic carbocycles. The van der Waals surface area contributed by atoms with E-state index in [4.69, 9.17) is 10.5 Å². The molecule has 1 aliphatic rings. The van der Waals surface area contributed by atoms with Crippen LogP contribution in [-0.2, 0) is 0 Å². The van der Waals surface area contributed by atoms with E-state index < -0.39 is 0 Å². The van der Waals surface area contributed by atoms with Crippen LogP contribution in [0.5, 0.6) is 5.88 Å². The van der Waals surface area contributed by atoms with Gasteiger partial charge in [0.15, 0.2) is 0 Å². The van der Waals surface area contributed by atoms with E-state index in [0.717, 1.165) is 20.9 Å². The minimum absolute atomic E-state index is 0.363. The molecule has 1 heterocycles. The first-order chi connectivity index (χ1) is 6.18. The molecular formula is C8H8BrIN2O. The summed E-state index contributed by atoms with van der Waals surface area (Å²) in [4.78, 5) is 4.16. The van der Waals surface area contributed by atoms with Crippen molar-refractivity contribution in [1.82, 2.24) is 4.98 Å². The predicted octanol–water partition coefficient (Wildman–Crippen LogP) is 2.57. The van der Waals surface area contributed by atoms with Gasteiger partial charge in [0.25, 0.3) is 0 Å². The Balaban J connectivity index is 2.29. The van der Waals surface area contributed by atoms with Gasteiger partial charge in [0.2, 0.25) is 5.88 Å². The van der Waals surface area contributed by atoms with Gasteiger partial charge in [-0.15, -0.1) is 0 Å². The van der Waals surface area contributed by atoms with Crippen molar-refractivity contribution in [3.8, 4) is 5.88 Å². The fourth-order valence-electron chi connectivity index (χ4n) is 0.887. The van der Waals surface area contributed by atoms with Crippen molar-refractivity contribution in [3.05, 3.63) is 14.2 Å². The second-order valence-electron chi connectivity index (χ2n) is 2.96. The molecule has 5 heteroatoms. The van der Waals surface area contributed by atoms with Gasteiger partial charge in [-0.3, -0.25) is 0 Å². The van der Waals surface area contributed by atoms with Gasteiger partial charge >= 0.3 is 0 Å². The Morgan fingerprint density at radius 2 is 2.31 bits per heavy atom. The summed E-state index contributed by atoms with van der Waals surface area (Å²) >= 11 is 5.46. The second kappa shape index (κ2) is 3.61. The topological polar surface area (TPSA) is 48.1 Å². The Hall–Kier alpha value is -0.0400. The highest BCUT2D eigenvalue weighted by atomic mass is 127. The quantitative estimate of drug-likeness (QED) is 0.830. The standard InChI is InChI=1S/C8H8BrIN2O/c9-5-3-12-8(6(10)7(5)11)13-4-1-2-4/h3-4H,1-2H2,(H2,11,12). The zero-order chi connectivity index (χ0) is 9.42. The van der Waals surface area contributed by atoms with E-state index in [0.29, 0.717) is 17.7 Å². The minimum atomic E-state index is 0.363. The smallest absolute Gasteiger partial charge is 0.229 e. The summed E-state index contributed by atoms with van der Waals surface area (Å²) in [5.41, 5.74) is 6.50. The van der Waals surface area contributed by atoms with Gasteiger partial charge < -0.3 is 10.5 Å². The Bertz CT molecular complexity index is 341. The first-order valence-corrected chi connectivity index (χ1v) is 5.82. The van der Waals surface area contributed by atoms with Gasteiger partial charge in [-0.2, -0.15) is 0 Å². The Labute approximate surface area is 98.3 Å². The van der Waals surface area contributed by atoms with E-state index >= 15 is 0 Å². The Kier molecular flexibility index (Phi) is 2.64. The number of aromatic nitrogens is 1. The average Bonchev–Trinajstić information content (AvgIpc) is 2.90. The highest BCUT2D eigenvalue weighted by Gasteiger charge is 2.25. The highest BCUT2D eigenvalue weighted by Crippen LogP contribution is 2.33. The van der Waals surface area contributed by atoms with Crippen molar-refractivity contribution in [2.24, 2.45) is 0 Å². The van der Waals surface area contributed by atoms with Crippen LogP contribution < -0.4 is 10.5 Å². The zero-order valence-electron chi connectivity index (χ0n) is 6.76.